The normalized spacial score (nSPS) is 10.9. The molecule has 6 heteroatoms. The van der Waals surface area contributed by atoms with E-state index < -0.39 is 13.3 Å². The number of anilines is 1. The Bertz CT molecular complexity index is 942. The zero-order valence-corrected chi connectivity index (χ0v) is 15.6. The summed E-state index contributed by atoms with van der Waals surface area (Å²) in [6.45, 7) is 1.40. The number of rotatable bonds is 5. The third-order valence-corrected chi connectivity index (χ3v) is 6.22. The van der Waals surface area contributed by atoms with Gasteiger partial charge in [-0.1, -0.05) is 36.4 Å². The standard InChI is InChI=1S/C21H18NO4P/c1-16(23)22-18-14-12-17(13-15-18)21(24)26-27(25,19-8-4-2-5-9-19)20-10-6-3-7-11-20/h2-15H,1H3,(H,22,23). The Morgan fingerprint density at radius 1 is 0.778 bits per heavy atom. The molecule has 0 saturated carbocycles. The van der Waals surface area contributed by atoms with Crippen LogP contribution < -0.4 is 15.9 Å². The van der Waals surface area contributed by atoms with E-state index in [0.717, 1.165) is 0 Å². The van der Waals surface area contributed by atoms with Crippen LogP contribution in [-0.4, -0.2) is 11.9 Å². The molecule has 0 aliphatic carbocycles. The first-order valence-electron chi connectivity index (χ1n) is 8.32. The maximum Gasteiger partial charge on any atom is 0.343 e. The minimum atomic E-state index is -3.60. The van der Waals surface area contributed by atoms with Crippen molar-refractivity contribution < 1.29 is 18.7 Å². The van der Waals surface area contributed by atoms with Gasteiger partial charge in [0.2, 0.25) is 5.91 Å². The summed E-state index contributed by atoms with van der Waals surface area (Å²) in [6.07, 6.45) is 0. The monoisotopic (exact) mass is 379 g/mol. The Morgan fingerprint density at radius 2 is 1.26 bits per heavy atom. The van der Waals surface area contributed by atoms with Gasteiger partial charge in [0.25, 0.3) is 0 Å². The molecule has 0 atom stereocenters. The second-order valence-electron chi connectivity index (χ2n) is 5.86. The second kappa shape index (κ2) is 8.02. The number of hydrogen-bond acceptors (Lipinski definition) is 4. The molecule has 0 fully saturated rings. The smallest absolute Gasteiger partial charge is 0.343 e. The van der Waals surface area contributed by atoms with Crippen LogP contribution in [0, 0.1) is 0 Å². The molecule has 136 valence electrons. The summed E-state index contributed by atoms with van der Waals surface area (Å²) in [5, 5.41) is 3.51. The maximum absolute atomic E-state index is 13.7. The number of amides is 1. The quantitative estimate of drug-likeness (QED) is 0.686. The van der Waals surface area contributed by atoms with E-state index in [1.54, 1.807) is 72.8 Å². The highest BCUT2D eigenvalue weighted by molar-refractivity contribution is 7.74. The van der Waals surface area contributed by atoms with Gasteiger partial charge in [0.05, 0.1) is 16.2 Å². The van der Waals surface area contributed by atoms with E-state index in [0.29, 0.717) is 16.3 Å². The summed E-state index contributed by atoms with van der Waals surface area (Å²) in [5.74, 6) is -0.900. The first kappa shape index (κ1) is 18.6. The lowest BCUT2D eigenvalue weighted by atomic mass is 10.2. The van der Waals surface area contributed by atoms with Gasteiger partial charge in [-0.25, -0.2) is 4.79 Å². The number of carbonyl (C=O) groups is 2. The molecule has 0 aliphatic rings. The average molecular weight is 379 g/mol. The van der Waals surface area contributed by atoms with Gasteiger partial charge in [-0.15, -0.1) is 0 Å². The molecule has 0 spiro atoms. The first-order chi connectivity index (χ1) is 13.0. The molecule has 0 heterocycles. The van der Waals surface area contributed by atoms with E-state index in [-0.39, 0.29) is 11.5 Å². The molecule has 1 amide bonds. The molecule has 0 radical (unpaired) electrons. The summed E-state index contributed by atoms with van der Waals surface area (Å²) in [7, 11) is -3.60. The lowest BCUT2D eigenvalue weighted by Crippen LogP contribution is -2.20. The minimum Gasteiger partial charge on any atom is -0.401 e. The molecule has 0 aliphatic heterocycles. The zero-order valence-electron chi connectivity index (χ0n) is 14.7. The molecule has 3 rings (SSSR count). The maximum atomic E-state index is 13.7. The molecular formula is C21H18NO4P. The molecule has 0 saturated heterocycles. The van der Waals surface area contributed by atoms with Crippen LogP contribution in [0.4, 0.5) is 5.69 Å². The van der Waals surface area contributed by atoms with Crippen molar-refractivity contribution in [1.82, 2.24) is 0 Å². The zero-order chi connectivity index (χ0) is 19.3. The lowest BCUT2D eigenvalue weighted by molar-refractivity contribution is -0.114. The predicted octanol–water partition coefficient (Wildman–Crippen LogP) is 3.73. The van der Waals surface area contributed by atoms with Crippen LogP contribution in [0.2, 0.25) is 0 Å². The van der Waals surface area contributed by atoms with E-state index >= 15 is 0 Å². The van der Waals surface area contributed by atoms with Crippen LogP contribution in [0.25, 0.3) is 0 Å². The molecule has 3 aromatic rings. The summed E-state index contributed by atoms with van der Waals surface area (Å²) in [6, 6.07) is 23.6. The topological polar surface area (TPSA) is 72.5 Å². The van der Waals surface area contributed by atoms with Crippen molar-refractivity contribution in [1.29, 1.82) is 0 Å². The number of hydrogen-bond donors (Lipinski definition) is 1. The number of benzene rings is 3. The van der Waals surface area contributed by atoms with Crippen molar-refractivity contribution in [3.8, 4) is 0 Å². The van der Waals surface area contributed by atoms with Gasteiger partial charge in [-0.3, -0.25) is 9.36 Å². The van der Waals surface area contributed by atoms with Crippen LogP contribution in [0.1, 0.15) is 17.3 Å². The van der Waals surface area contributed by atoms with Crippen molar-refractivity contribution in [2.24, 2.45) is 0 Å². The Kier molecular flexibility index (Phi) is 5.53. The third-order valence-electron chi connectivity index (χ3n) is 3.84. The van der Waals surface area contributed by atoms with Crippen LogP contribution in [0.5, 0.6) is 0 Å². The summed E-state index contributed by atoms with van der Waals surface area (Å²) in [4.78, 5) is 23.8. The van der Waals surface area contributed by atoms with Gasteiger partial charge in [0.1, 0.15) is 0 Å². The van der Waals surface area contributed by atoms with Gasteiger partial charge >= 0.3 is 13.3 Å². The molecule has 1 N–H and O–H groups in total. The fourth-order valence-electron chi connectivity index (χ4n) is 2.57. The van der Waals surface area contributed by atoms with Crippen LogP contribution in [0.3, 0.4) is 0 Å². The van der Waals surface area contributed by atoms with Gasteiger partial charge < -0.3 is 9.84 Å². The Morgan fingerprint density at radius 3 is 1.70 bits per heavy atom. The van der Waals surface area contributed by atoms with Crippen molar-refractivity contribution in [2.45, 2.75) is 6.92 Å². The first-order valence-corrected chi connectivity index (χ1v) is 9.94. The lowest BCUT2D eigenvalue weighted by Gasteiger charge is -2.19. The predicted molar refractivity (Wildman–Crippen MR) is 106 cm³/mol. The Labute approximate surface area is 157 Å². The largest absolute Gasteiger partial charge is 0.401 e. The molecule has 0 unspecified atom stereocenters. The van der Waals surface area contributed by atoms with Crippen molar-refractivity contribution >= 4 is 35.5 Å². The third kappa shape index (κ3) is 4.33. The SMILES string of the molecule is CC(=O)Nc1ccc(C(=O)OP(=O)(c2ccccc2)c2ccccc2)cc1. The van der Waals surface area contributed by atoms with Gasteiger partial charge in [-0.2, -0.15) is 0 Å². The second-order valence-corrected chi connectivity index (χ2v) is 8.18. The Balaban J connectivity index is 1.92. The molecular weight excluding hydrogens is 361 g/mol. The molecule has 3 aromatic carbocycles. The van der Waals surface area contributed by atoms with Gasteiger partial charge in [0.15, 0.2) is 0 Å². The van der Waals surface area contributed by atoms with Crippen LogP contribution in [-0.2, 0) is 13.9 Å². The molecule has 5 nitrogen and oxygen atoms in total. The van der Waals surface area contributed by atoms with E-state index in [9.17, 15) is 14.2 Å². The fourth-order valence-corrected chi connectivity index (χ4v) is 4.54. The number of carbonyl (C=O) groups excluding carboxylic acids is 2. The molecule has 0 bridgehead atoms. The average Bonchev–Trinajstić information content (AvgIpc) is 2.69. The highest BCUT2D eigenvalue weighted by Crippen LogP contribution is 2.45. The van der Waals surface area contributed by atoms with Crippen molar-refractivity contribution in [3.63, 3.8) is 0 Å². The summed E-state index contributed by atoms with van der Waals surface area (Å²) >= 11 is 0. The molecule has 0 aromatic heterocycles. The highest BCUT2D eigenvalue weighted by atomic mass is 31.2. The van der Waals surface area contributed by atoms with Gasteiger partial charge in [-0.05, 0) is 48.5 Å². The Hall–Kier alpha value is -3.17. The number of nitrogens with one attached hydrogen (secondary N) is 1. The van der Waals surface area contributed by atoms with E-state index in [2.05, 4.69) is 5.32 Å². The van der Waals surface area contributed by atoms with Gasteiger partial charge in [0, 0.05) is 12.6 Å². The van der Waals surface area contributed by atoms with E-state index in [1.807, 2.05) is 0 Å². The minimum absolute atomic E-state index is 0.206. The highest BCUT2D eigenvalue weighted by Gasteiger charge is 2.32. The van der Waals surface area contributed by atoms with Crippen LogP contribution >= 0.6 is 7.37 Å². The van der Waals surface area contributed by atoms with E-state index in [1.165, 1.54) is 19.1 Å². The summed E-state index contributed by atoms with van der Waals surface area (Å²) in [5.41, 5.74) is 0.810. The van der Waals surface area contributed by atoms with Crippen molar-refractivity contribution in [3.05, 3.63) is 90.5 Å². The van der Waals surface area contributed by atoms with Crippen molar-refractivity contribution in [2.75, 3.05) is 5.32 Å². The fraction of sp³-hybridized carbons (Fsp3) is 0.0476. The summed E-state index contributed by atoms with van der Waals surface area (Å²) < 4.78 is 19.3. The van der Waals surface area contributed by atoms with Crippen LogP contribution in [0.15, 0.2) is 84.9 Å². The molecule has 27 heavy (non-hydrogen) atoms. The van der Waals surface area contributed by atoms with E-state index in [4.69, 9.17) is 4.52 Å².